The Morgan fingerprint density at radius 3 is 2.89 bits per heavy atom. The van der Waals surface area contributed by atoms with Crippen molar-refractivity contribution in [3.05, 3.63) is 17.5 Å². The highest BCUT2D eigenvalue weighted by Crippen LogP contribution is 2.46. The number of methoxy groups -OCH3 is 1. The van der Waals surface area contributed by atoms with Crippen LogP contribution >= 0.6 is 11.8 Å². The van der Waals surface area contributed by atoms with Gasteiger partial charge >= 0.3 is 0 Å². The number of nitrogens with zero attached hydrogens (tertiary/aromatic N) is 3. The summed E-state index contributed by atoms with van der Waals surface area (Å²) in [6.45, 7) is 5.47. The van der Waals surface area contributed by atoms with E-state index in [0.29, 0.717) is 10.9 Å². The van der Waals surface area contributed by atoms with Gasteiger partial charge in [0.1, 0.15) is 0 Å². The second-order valence-electron chi connectivity index (χ2n) is 5.60. The lowest BCUT2D eigenvalue weighted by Gasteiger charge is -2.47. The molecule has 0 unspecified atom stereocenters. The van der Waals surface area contributed by atoms with E-state index in [4.69, 9.17) is 4.74 Å². The molecule has 0 aromatic carbocycles. The molecule has 3 rings (SSSR count). The van der Waals surface area contributed by atoms with Crippen molar-refractivity contribution in [1.29, 1.82) is 0 Å². The molecule has 0 bridgehead atoms. The second-order valence-corrected chi connectivity index (χ2v) is 7.09. The van der Waals surface area contributed by atoms with Crippen LogP contribution in [0.4, 0.5) is 0 Å². The first-order valence-electron chi connectivity index (χ1n) is 6.49. The molecule has 1 spiro atoms. The zero-order valence-corrected chi connectivity index (χ0v) is 12.2. The Labute approximate surface area is 113 Å². The van der Waals surface area contributed by atoms with E-state index in [1.54, 1.807) is 0 Å². The quantitative estimate of drug-likeness (QED) is 0.829. The summed E-state index contributed by atoms with van der Waals surface area (Å²) in [5.41, 5.74) is 2.42. The Bertz CT molecular complexity index is 439. The lowest BCUT2D eigenvalue weighted by atomic mass is 9.93. The molecule has 0 aliphatic carbocycles. The summed E-state index contributed by atoms with van der Waals surface area (Å²) >= 11 is 2.10. The molecule has 0 amide bonds. The lowest BCUT2D eigenvalue weighted by Crippen LogP contribution is -2.58. The largest absolute Gasteiger partial charge is 0.381 e. The number of ether oxygens (including phenoxy) is 1. The summed E-state index contributed by atoms with van der Waals surface area (Å²) in [7, 11) is 3.86. The average Bonchev–Trinajstić information content (AvgIpc) is 2.83. The van der Waals surface area contributed by atoms with E-state index in [2.05, 4.69) is 34.8 Å². The molecule has 18 heavy (non-hydrogen) atoms. The second kappa shape index (κ2) is 4.54. The van der Waals surface area contributed by atoms with Crippen molar-refractivity contribution < 1.29 is 4.74 Å². The van der Waals surface area contributed by atoms with Crippen LogP contribution in [-0.4, -0.2) is 51.5 Å². The predicted molar refractivity (Wildman–Crippen MR) is 73.8 cm³/mol. The highest BCUT2D eigenvalue weighted by atomic mass is 32.2. The van der Waals surface area contributed by atoms with Crippen molar-refractivity contribution in [2.75, 3.05) is 26.0 Å². The van der Waals surface area contributed by atoms with Crippen molar-refractivity contribution in [2.24, 2.45) is 7.05 Å². The van der Waals surface area contributed by atoms with Crippen molar-refractivity contribution >= 4 is 11.8 Å². The van der Waals surface area contributed by atoms with E-state index >= 15 is 0 Å². The molecule has 2 aliphatic rings. The average molecular weight is 267 g/mol. The summed E-state index contributed by atoms with van der Waals surface area (Å²) in [6, 6.07) is 2.19. The zero-order valence-electron chi connectivity index (χ0n) is 11.3. The van der Waals surface area contributed by atoms with Crippen molar-refractivity contribution in [1.82, 2.24) is 14.7 Å². The van der Waals surface area contributed by atoms with Gasteiger partial charge in [0.15, 0.2) is 0 Å². The fourth-order valence-corrected chi connectivity index (χ4v) is 4.74. The number of thioether (sulfide) groups is 1. The molecular formula is C13H21N3OS. The van der Waals surface area contributed by atoms with Crippen LogP contribution < -0.4 is 0 Å². The molecule has 2 fully saturated rings. The van der Waals surface area contributed by atoms with Gasteiger partial charge in [-0.1, -0.05) is 0 Å². The van der Waals surface area contributed by atoms with Crippen molar-refractivity contribution in [2.45, 2.75) is 30.7 Å². The monoisotopic (exact) mass is 267 g/mol. The van der Waals surface area contributed by atoms with Crippen LogP contribution in [0.5, 0.6) is 0 Å². The molecule has 3 heterocycles. The third-order valence-corrected chi connectivity index (χ3v) is 5.59. The molecule has 5 heteroatoms. The molecule has 0 saturated carbocycles. The minimum Gasteiger partial charge on any atom is -0.381 e. The van der Waals surface area contributed by atoms with Crippen LogP contribution in [0.2, 0.25) is 0 Å². The SMILES string of the molecule is CO[C@@H]1CSC2(C1)CN(Cc1cc(C)nn1C)C2. The van der Waals surface area contributed by atoms with Crippen molar-refractivity contribution in [3.8, 4) is 0 Å². The van der Waals surface area contributed by atoms with Gasteiger partial charge in [-0.05, 0) is 19.4 Å². The molecule has 1 aromatic rings. The van der Waals surface area contributed by atoms with E-state index in [0.717, 1.165) is 18.0 Å². The Morgan fingerprint density at radius 1 is 1.56 bits per heavy atom. The molecule has 0 radical (unpaired) electrons. The Morgan fingerprint density at radius 2 is 2.33 bits per heavy atom. The standard InChI is InChI=1S/C13H21N3OS/c1-10-4-11(15(2)14-10)6-16-8-13(9-16)5-12(17-3)7-18-13/h4,12H,5-9H2,1-3H3/t12-/m0/s1. The van der Waals surface area contributed by atoms with E-state index in [1.165, 1.54) is 25.2 Å². The smallest absolute Gasteiger partial charge is 0.0676 e. The maximum atomic E-state index is 5.46. The van der Waals surface area contributed by atoms with E-state index in [1.807, 2.05) is 18.8 Å². The normalized spacial score (nSPS) is 26.7. The van der Waals surface area contributed by atoms with Gasteiger partial charge in [-0.2, -0.15) is 5.10 Å². The maximum absolute atomic E-state index is 5.46. The molecule has 1 atom stereocenters. The van der Waals surface area contributed by atoms with Crippen LogP contribution in [-0.2, 0) is 18.3 Å². The number of aromatic nitrogens is 2. The van der Waals surface area contributed by atoms with E-state index in [-0.39, 0.29) is 0 Å². The van der Waals surface area contributed by atoms with Gasteiger partial charge < -0.3 is 4.74 Å². The predicted octanol–water partition coefficient (Wildman–Crippen LogP) is 1.43. The van der Waals surface area contributed by atoms with Gasteiger partial charge in [-0.25, -0.2) is 0 Å². The minimum absolute atomic E-state index is 0.469. The van der Waals surface area contributed by atoms with Gasteiger partial charge in [0, 0.05) is 44.3 Å². The van der Waals surface area contributed by atoms with Gasteiger partial charge in [-0.3, -0.25) is 9.58 Å². The third-order valence-electron chi connectivity index (χ3n) is 4.02. The summed E-state index contributed by atoms with van der Waals surface area (Å²) in [5.74, 6) is 1.16. The van der Waals surface area contributed by atoms with Crippen LogP contribution in [0.1, 0.15) is 17.8 Å². The number of hydrogen-bond donors (Lipinski definition) is 0. The fraction of sp³-hybridized carbons (Fsp3) is 0.769. The Balaban J connectivity index is 1.55. The summed E-state index contributed by atoms with van der Waals surface area (Å²) in [5, 5.41) is 4.40. The number of aryl methyl sites for hydroxylation is 2. The number of hydrogen-bond acceptors (Lipinski definition) is 4. The first-order valence-corrected chi connectivity index (χ1v) is 7.47. The minimum atomic E-state index is 0.469. The van der Waals surface area contributed by atoms with Gasteiger partial charge in [0.05, 0.1) is 17.5 Å². The van der Waals surface area contributed by atoms with Gasteiger partial charge in [0.2, 0.25) is 0 Å². The molecule has 4 nitrogen and oxygen atoms in total. The summed E-state index contributed by atoms with van der Waals surface area (Å²) in [6.07, 6.45) is 1.69. The molecule has 100 valence electrons. The summed E-state index contributed by atoms with van der Waals surface area (Å²) in [4.78, 5) is 2.52. The van der Waals surface area contributed by atoms with Gasteiger partial charge in [0.25, 0.3) is 0 Å². The first-order chi connectivity index (χ1) is 8.60. The molecule has 2 saturated heterocycles. The van der Waals surface area contributed by atoms with Crippen LogP contribution in [0.3, 0.4) is 0 Å². The van der Waals surface area contributed by atoms with E-state index in [9.17, 15) is 0 Å². The van der Waals surface area contributed by atoms with Crippen LogP contribution in [0.25, 0.3) is 0 Å². The molecule has 1 aromatic heterocycles. The maximum Gasteiger partial charge on any atom is 0.0676 e. The lowest BCUT2D eigenvalue weighted by molar-refractivity contribution is 0.0619. The third kappa shape index (κ3) is 2.19. The molecule has 2 aliphatic heterocycles. The van der Waals surface area contributed by atoms with Crippen LogP contribution in [0, 0.1) is 6.92 Å². The Kier molecular flexibility index (Phi) is 3.16. The fourth-order valence-electron chi connectivity index (χ4n) is 3.10. The number of rotatable bonds is 3. The Hall–Kier alpha value is -0.520. The summed E-state index contributed by atoms with van der Waals surface area (Å²) < 4.78 is 7.95. The molecular weight excluding hydrogens is 246 g/mol. The van der Waals surface area contributed by atoms with Crippen molar-refractivity contribution in [3.63, 3.8) is 0 Å². The zero-order chi connectivity index (χ0) is 12.8. The van der Waals surface area contributed by atoms with Gasteiger partial charge in [-0.15, -0.1) is 11.8 Å². The highest BCUT2D eigenvalue weighted by Gasteiger charge is 2.48. The number of likely N-dealkylation sites (tertiary alicyclic amines) is 1. The highest BCUT2D eigenvalue weighted by molar-refractivity contribution is 8.01. The first kappa shape index (κ1) is 12.5. The topological polar surface area (TPSA) is 30.3 Å². The van der Waals surface area contributed by atoms with Crippen LogP contribution in [0.15, 0.2) is 6.07 Å². The molecule has 0 N–H and O–H groups in total. The van der Waals surface area contributed by atoms with E-state index < -0.39 is 0 Å².